The molecule has 1 fully saturated rings. The van der Waals surface area contributed by atoms with Crippen molar-refractivity contribution in [3.63, 3.8) is 0 Å². The van der Waals surface area contributed by atoms with Crippen LogP contribution in [0.4, 0.5) is 5.69 Å². The van der Waals surface area contributed by atoms with Gasteiger partial charge in [0.2, 0.25) is 15.9 Å². The molecule has 7 heteroatoms. The van der Waals surface area contributed by atoms with Crippen molar-refractivity contribution >= 4 is 21.6 Å². The van der Waals surface area contributed by atoms with E-state index >= 15 is 0 Å². The SMILES string of the molecule is CC(C)[C@H](N[C@H](C)C(=O)Nc1ccc(S(=O)(=O)N2CCCC2)cc1)c1ccccc1. The number of hydrogen-bond donors (Lipinski definition) is 2. The first-order valence-corrected chi connectivity index (χ1v) is 11.9. The third-order valence-corrected chi connectivity index (χ3v) is 7.39. The molecule has 0 saturated carbocycles. The number of amides is 1. The molecule has 2 aromatic rings. The Balaban J connectivity index is 1.63. The Morgan fingerprint density at radius 1 is 0.933 bits per heavy atom. The van der Waals surface area contributed by atoms with Crippen molar-refractivity contribution in [2.75, 3.05) is 18.4 Å². The zero-order valence-corrected chi connectivity index (χ0v) is 18.7. The van der Waals surface area contributed by atoms with E-state index in [0.29, 0.717) is 24.7 Å². The molecule has 2 atom stereocenters. The fourth-order valence-corrected chi connectivity index (χ4v) is 5.23. The second-order valence-corrected chi connectivity index (χ2v) is 10.1. The summed E-state index contributed by atoms with van der Waals surface area (Å²) in [5, 5.41) is 6.29. The van der Waals surface area contributed by atoms with E-state index in [-0.39, 0.29) is 16.8 Å². The van der Waals surface area contributed by atoms with E-state index in [1.807, 2.05) is 25.1 Å². The summed E-state index contributed by atoms with van der Waals surface area (Å²) >= 11 is 0. The Bertz CT molecular complexity index is 937. The Morgan fingerprint density at radius 2 is 1.53 bits per heavy atom. The molecular formula is C23H31N3O3S. The Hall–Kier alpha value is -2.22. The number of hydrogen-bond acceptors (Lipinski definition) is 4. The molecule has 3 rings (SSSR count). The van der Waals surface area contributed by atoms with E-state index in [1.54, 1.807) is 24.3 Å². The molecule has 6 nitrogen and oxygen atoms in total. The molecule has 1 heterocycles. The van der Waals surface area contributed by atoms with Crippen LogP contribution in [0.25, 0.3) is 0 Å². The molecular weight excluding hydrogens is 398 g/mol. The largest absolute Gasteiger partial charge is 0.325 e. The van der Waals surface area contributed by atoms with E-state index in [0.717, 1.165) is 18.4 Å². The van der Waals surface area contributed by atoms with Crippen molar-refractivity contribution in [3.05, 3.63) is 60.2 Å². The van der Waals surface area contributed by atoms with Gasteiger partial charge < -0.3 is 5.32 Å². The Morgan fingerprint density at radius 3 is 2.10 bits per heavy atom. The first-order chi connectivity index (χ1) is 14.3. The highest BCUT2D eigenvalue weighted by molar-refractivity contribution is 7.89. The predicted molar refractivity (Wildman–Crippen MR) is 120 cm³/mol. The van der Waals surface area contributed by atoms with Gasteiger partial charge >= 0.3 is 0 Å². The van der Waals surface area contributed by atoms with Gasteiger partial charge in [0.1, 0.15) is 0 Å². The van der Waals surface area contributed by atoms with Crippen LogP contribution in [0.15, 0.2) is 59.5 Å². The molecule has 0 unspecified atom stereocenters. The average Bonchev–Trinajstić information content (AvgIpc) is 3.28. The van der Waals surface area contributed by atoms with Gasteiger partial charge in [-0.1, -0.05) is 44.2 Å². The van der Waals surface area contributed by atoms with Crippen LogP contribution < -0.4 is 10.6 Å². The molecule has 2 aromatic carbocycles. The van der Waals surface area contributed by atoms with Crippen molar-refractivity contribution < 1.29 is 13.2 Å². The Kier molecular flexibility index (Phi) is 7.28. The smallest absolute Gasteiger partial charge is 0.243 e. The van der Waals surface area contributed by atoms with Gasteiger partial charge in [-0.25, -0.2) is 8.42 Å². The summed E-state index contributed by atoms with van der Waals surface area (Å²) in [6.07, 6.45) is 1.80. The summed E-state index contributed by atoms with van der Waals surface area (Å²) in [4.78, 5) is 13.0. The Labute approximate surface area is 179 Å². The quantitative estimate of drug-likeness (QED) is 0.669. The highest BCUT2D eigenvalue weighted by Crippen LogP contribution is 2.24. The predicted octanol–water partition coefficient (Wildman–Crippen LogP) is 3.79. The van der Waals surface area contributed by atoms with Gasteiger partial charge in [0.25, 0.3) is 0 Å². The summed E-state index contributed by atoms with van der Waals surface area (Å²) in [5.74, 6) is 0.157. The number of rotatable bonds is 8. The highest BCUT2D eigenvalue weighted by atomic mass is 32.2. The standard InChI is InChI=1S/C23H31N3O3S/c1-17(2)22(19-9-5-4-6-10-19)24-18(3)23(27)25-20-11-13-21(14-12-20)30(28,29)26-15-7-8-16-26/h4-6,9-14,17-18,22,24H,7-8,15-16H2,1-3H3,(H,25,27)/t18-,22+/m1/s1. The van der Waals surface area contributed by atoms with Crippen LogP contribution in [0, 0.1) is 5.92 Å². The molecule has 1 aliphatic heterocycles. The fraction of sp³-hybridized carbons (Fsp3) is 0.435. The number of anilines is 1. The number of benzene rings is 2. The molecule has 1 aliphatic rings. The minimum absolute atomic E-state index is 0.0555. The first kappa shape index (κ1) is 22.5. The van der Waals surface area contributed by atoms with Crippen LogP contribution in [-0.4, -0.2) is 37.8 Å². The van der Waals surface area contributed by atoms with Crippen LogP contribution in [0.1, 0.15) is 45.2 Å². The maximum Gasteiger partial charge on any atom is 0.243 e. The lowest BCUT2D eigenvalue weighted by molar-refractivity contribution is -0.118. The van der Waals surface area contributed by atoms with Crippen LogP contribution in [0.3, 0.4) is 0 Å². The van der Waals surface area contributed by atoms with Crippen molar-refractivity contribution in [2.45, 2.75) is 50.6 Å². The number of carbonyl (C=O) groups is 1. The van der Waals surface area contributed by atoms with E-state index in [1.165, 1.54) is 4.31 Å². The van der Waals surface area contributed by atoms with Crippen molar-refractivity contribution in [1.29, 1.82) is 0 Å². The zero-order chi connectivity index (χ0) is 21.7. The monoisotopic (exact) mass is 429 g/mol. The lowest BCUT2D eigenvalue weighted by Crippen LogP contribution is -2.41. The summed E-state index contributed by atoms with van der Waals surface area (Å²) in [6, 6.07) is 16.1. The number of nitrogens with one attached hydrogen (secondary N) is 2. The van der Waals surface area contributed by atoms with Crippen LogP contribution in [0.5, 0.6) is 0 Å². The molecule has 0 aliphatic carbocycles. The molecule has 2 N–H and O–H groups in total. The third kappa shape index (κ3) is 5.28. The first-order valence-electron chi connectivity index (χ1n) is 10.5. The molecule has 162 valence electrons. The van der Waals surface area contributed by atoms with E-state index in [2.05, 4.69) is 36.6 Å². The minimum Gasteiger partial charge on any atom is -0.325 e. The summed E-state index contributed by atoms with van der Waals surface area (Å²) in [7, 11) is -3.45. The highest BCUT2D eigenvalue weighted by Gasteiger charge is 2.27. The van der Waals surface area contributed by atoms with Crippen molar-refractivity contribution in [2.24, 2.45) is 5.92 Å². The van der Waals surface area contributed by atoms with Gasteiger partial charge in [0, 0.05) is 24.8 Å². The summed E-state index contributed by atoms with van der Waals surface area (Å²) in [6.45, 7) is 7.22. The maximum absolute atomic E-state index is 12.7. The van der Waals surface area contributed by atoms with Gasteiger partial charge in [-0.2, -0.15) is 4.31 Å². The van der Waals surface area contributed by atoms with Crippen LogP contribution >= 0.6 is 0 Å². The van der Waals surface area contributed by atoms with Crippen LogP contribution in [-0.2, 0) is 14.8 Å². The lowest BCUT2D eigenvalue weighted by atomic mass is 9.95. The second-order valence-electron chi connectivity index (χ2n) is 8.15. The van der Waals surface area contributed by atoms with Gasteiger partial charge in [0.15, 0.2) is 0 Å². The number of nitrogens with zero attached hydrogens (tertiary/aromatic N) is 1. The molecule has 30 heavy (non-hydrogen) atoms. The molecule has 0 radical (unpaired) electrons. The molecule has 0 aromatic heterocycles. The average molecular weight is 430 g/mol. The molecule has 0 bridgehead atoms. The van der Waals surface area contributed by atoms with E-state index in [4.69, 9.17) is 0 Å². The van der Waals surface area contributed by atoms with Gasteiger partial charge in [-0.05, 0) is 55.5 Å². The van der Waals surface area contributed by atoms with Gasteiger partial charge in [-0.15, -0.1) is 0 Å². The maximum atomic E-state index is 12.7. The second kappa shape index (κ2) is 9.73. The van der Waals surface area contributed by atoms with E-state index in [9.17, 15) is 13.2 Å². The number of carbonyl (C=O) groups excluding carboxylic acids is 1. The van der Waals surface area contributed by atoms with Crippen molar-refractivity contribution in [1.82, 2.24) is 9.62 Å². The fourth-order valence-electron chi connectivity index (χ4n) is 3.72. The lowest BCUT2D eigenvalue weighted by Gasteiger charge is -2.26. The topological polar surface area (TPSA) is 78.5 Å². The zero-order valence-electron chi connectivity index (χ0n) is 17.8. The number of sulfonamides is 1. The van der Waals surface area contributed by atoms with Gasteiger partial charge in [-0.3, -0.25) is 10.1 Å². The molecule has 0 spiro atoms. The van der Waals surface area contributed by atoms with Crippen molar-refractivity contribution in [3.8, 4) is 0 Å². The van der Waals surface area contributed by atoms with Crippen LogP contribution in [0.2, 0.25) is 0 Å². The van der Waals surface area contributed by atoms with Gasteiger partial charge in [0.05, 0.1) is 10.9 Å². The van der Waals surface area contributed by atoms with E-state index < -0.39 is 16.1 Å². The summed E-state index contributed by atoms with van der Waals surface area (Å²) in [5.41, 5.74) is 1.72. The molecule has 1 saturated heterocycles. The minimum atomic E-state index is -3.45. The third-order valence-electron chi connectivity index (χ3n) is 5.47. The normalized spacial score (nSPS) is 17.1. The molecule has 1 amide bonds. The summed E-state index contributed by atoms with van der Waals surface area (Å²) < 4.78 is 26.8.